The molecule has 0 saturated heterocycles. The number of hydrogen-bond acceptors (Lipinski definition) is 2. The average molecular weight is 298 g/mol. The molecule has 0 saturated carbocycles. The zero-order valence-corrected chi connectivity index (χ0v) is 12.8. The van der Waals surface area contributed by atoms with Crippen LogP contribution in [0.1, 0.15) is 28.6 Å². The number of halogens is 2. The summed E-state index contributed by atoms with van der Waals surface area (Å²) in [6.45, 7) is 3.99. The zero-order chi connectivity index (χ0) is 14.2. The summed E-state index contributed by atoms with van der Waals surface area (Å²) >= 11 is 12.4. The summed E-state index contributed by atoms with van der Waals surface area (Å²) in [6, 6.07) is 5.34. The van der Waals surface area contributed by atoms with E-state index in [-0.39, 0.29) is 6.04 Å². The molecule has 3 nitrogen and oxygen atoms in total. The van der Waals surface area contributed by atoms with Gasteiger partial charge in [0.1, 0.15) is 0 Å². The summed E-state index contributed by atoms with van der Waals surface area (Å²) in [5.74, 6) is 0. The molecule has 0 aliphatic rings. The van der Waals surface area contributed by atoms with E-state index >= 15 is 0 Å². The van der Waals surface area contributed by atoms with Crippen LogP contribution in [0.4, 0.5) is 0 Å². The molecule has 0 aliphatic carbocycles. The topological polar surface area (TPSA) is 43.8 Å². The number of rotatable bonds is 3. The van der Waals surface area contributed by atoms with Gasteiger partial charge in [0.2, 0.25) is 0 Å². The molecule has 2 aromatic rings. The third kappa shape index (κ3) is 2.78. The van der Waals surface area contributed by atoms with E-state index < -0.39 is 0 Å². The Hall–Kier alpha value is -1.03. The molecule has 0 radical (unpaired) electrons. The third-order valence-corrected chi connectivity index (χ3v) is 4.13. The normalized spacial score (nSPS) is 12.7. The fourth-order valence-electron chi connectivity index (χ4n) is 2.38. The fourth-order valence-corrected chi connectivity index (χ4v) is 2.93. The molecule has 5 heteroatoms. The Bertz CT molecular complexity index is 585. The van der Waals surface area contributed by atoms with Crippen LogP contribution in [0.15, 0.2) is 18.2 Å². The van der Waals surface area contributed by atoms with Crippen molar-refractivity contribution in [2.45, 2.75) is 26.3 Å². The summed E-state index contributed by atoms with van der Waals surface area (Å²) in [7, 11) is 1.92. The van der Waals surface area contributed by atoms with Crippen molar-refractivity contribution in [2.24, 2.45) is 12.8 Å². The highest BCUT2D eigenvalue weighted by Crippen LogP contribution is 2.30. The van der Waals surface area contributed by atoms with Gasteiger partial charge in [-0.05, 0) is 38.0 Å². The van der Waals surface area contributed by atoms with Crippen LogP contribution < -0.4 is 5.73 Å². The van der Waals surface area contributed by atoms with Crippen molar-refractivity contribution in [1.29, 1.82) is 0 Å². The van der Waals surface area contributed by atoms with Crippen molar-refractivity contribution in [3.8, 4) is 0 Å². The molecule has 1 aromatic heterocycles. The molecule has 0 amide bonds. The highest BCUT2D eigenvalue weighted by atomic mass is 35.5. The van der Waals surface area contributed by atoms with E-state index in [1.165, 1.54) is 0 Å². The zero-order valence-electron chi connectivity index (χ0n) is 11.2. The number of nitrogens with zero attached hydrogens (tertiary/aromatic N) is 2. The Kier molecular flexibility index (Phi) is 4.19. The van der Waals surface area contributed by atoms with Gasteiger partial charge in [0, 0.05) is 34.4 Å². The maximum atomic E-state index is 6.31. The molecule has 0 aliphatic heterocycles. The van der Waals surface area contributed by atoms with Crippen molar-refractivity contribution in [1.82, 2.24) is 9.78 Å². The maximum absolute atomic E-state index is 6.31. The Labute approximate surface area is 123 Å². The summed E-state index contributed by atoms with van der Waals surface area (Å²) in [6.07, 6.45) is 0.603. The lowest BCUT2D eigenvalue weighted by Crippen LogP contribution is -2.15. The highest BCUT2D eigenvalue weighted by Gasteiger charge is 2.19. The van der Waals surface area contributed by atoms with E-state index in [1.807, 2.05) is 43.8 Å². The van der Waals surface area contributed by atoms with Crippen molar-refractivity contribution in [3.63, 3.8) is 0 Å². The van der Waals surface area contributed by atoms with Crippen LogP contribution in [0.2, 0.25) is 10.0 Å². The first kappa shape index (κ1) is 14.4. The van der Waals surface area contributed by atoms with Gasteiger partial charge in [-0.25, -0.2) is 0 Å². The minimum atomic E-state index is -0.161. The number of aromatic nitrogens is 2. The van der Waals surface area contributed by atoms with Crippen LogP contribution in [0.5, 0.6) is 0 Å². The van der Waals surface area contributed by atoms with Gasteiger partial charge >= 0.3 is 0 Å². The first-order valence-corrected chi connectivity index (χ1v) is 6.86. The second-order valence-corrected chi connectivity index (χ2v) is 5.53. The van der Waals surface area contributed by atoms with Gasteiger partial charge in [0.15, 0.2) is 0 Å². The van der Waals surface area contributed by atoms with E-state index in [0.717, 1.165) is 22.5 Å². The molecule has 2 rings (SSSR count). The van der Waals surface area contributed by atoms with Gasteiger partial charge < -0.3 is 5.73 Å². The predicted molar refractivity (Wildman–Crippen MR) is 79.8 cm³/mol. The molecule has 102 valence electrons. The lowest BCUT2D eigenvalue weighted by Gasteiger charge is -2.15. The molecule has 0 bridgehead atoms. The summed E-state index contributed by atoms with van der Waals surface area (Å²) in [4.78, 5) is 0. The average Bonchev–Trinajstić information content (AvgIpc) is 2.58. The van der Waals surface area contributed by atoms with E-state index in [9.17, 15) is 0 Å². The van der Waals surface area contributed by atoms with E-state index in [4.69, 9.17) is 28.9 Å². The Morgan fingerprint density at radius 1 is 1.26 bits per heavy atom. The summed E-state index contributed by atoms with van der Waals surface area (Å²) in [5.41, 5.74) is 10.3. The summed E-state index contributed by atoms with van der Waals surface area (Å²) < 4.78 is 1.85. The fraction of sp³-hybridized carbons (Fsp3) is 0.357. The van der Waals surface area contributed by atoms with Crippen molar-refractivity contribution in [3.05, 3.63) is 50.8 Å². The largest absolute Gasteiger partial charge is 0.324 e. The number of aryl methyl sites for hydroxylation is 2. The van der Waals surface area contributed by atoms with Crippen molar-refractivity contribution < 1.29 is 0 Å². The second-order valence-electron chi connectivity index (χ2n) is 4.72. The molecule has 0 spiro atoms. The van der Waals surface area contributed by atoms with E-state index in [1.54, 1.807) is 0 Å². The number of nitrogens with two attached hydrogens (primary N) is 1. The Balaban J connectivity index is 2.33. The first-order valence-electron chi connectivity index (χ1n) is 6.10. The molecule has 2 N–H and O–H groups in total. The lowest BCUT2D eigenvalue weighted by molar-refractivity contribution is 0.700. The van der Waals surface area contributed by atoms with Gasteiger partial charge in [0.25, 0.3) is 0 Å². The standard InChI is InChI=1S/C14H17Cl2N3/c1-8-14(9(2)19(3)18-8)13(17)7-10-11(15)5-4-6-12(10)16/h4-6,13H,7,17H2,1-3H3. The van der Waals surface area contributed by atoms with Crippen molar-refractivity contribution in [2.75, 3.05) is 0 Å². The SMILES string of the molecule is Cc1nn(C)c(C)c1C(N)Cc1c(Cl)cccc1Cl. The molecule has 1 aromatic carbocycles. The minimum Gasteiger partial charge on any atom is -0.324 e. The molecule has 1 heterocycles. The van der Waals surface area contributed by atoms with Crippen LogP contribution in [0.25, 0.3) is 0 Å². The molecular weight excluding hydrogens is 281 g/mol. The minimum absolute atomic E-state index is 0.161. The molecule has 19 heavy (non-hydrogen) atoms. The van der Waals surface area contributed by atoms with Gasteiger partial charge in [-0.3, -0.25) is 4.68 Å². The summed E-state index contributed by atoms with van der Waals surface area (Å²) in [5, 5.41) is 5.70. The van der Waals surface area contributed by atoms with Crippen molar-refractivity contribution >= 4 is 23.2 Å². The van der Waals surface area contributed by atoms with E-state index in [0.29, 0.717) is 16.5 Å². The van der Waals surface area contributed by atoms with Crippen LogP contribution in [-0.4, -0.2) is 9.78 Å². The Morgan fingerprint density at radius 3 is 2.32 bits per heavy atom. The quantitative estimate of drug-likeness (QED) is 0.941. The predicted octanol–water partition coefficient (Wildman–Crippen LogP) is 3.59. The third-order valence-electron chi connectivity index (χ3n) is 3.42. The van der Waals surface area contributed by atoms with Gasteiger partial charge in [-0.1, -0.05) is 29.3 Å². The van der Waals surface area contributed by atoms with Crippen LogP contribution in [-0.2, 0) is 13.5 Å². The smallest absolute Gasteiger partial charge is 0.0644 e. The second kappa shape index (κ2) is 5.53. The first-order chi connectivity index (χ1) is 8.91. The van der Waals surface area contributed by atoms with Gasteiger partial charge in [0.05, 0.1) is 5.69 Å². The number of hydrogen-bond donors (Lipinski definition) is 1. The van der Waals surface area contributed by atoms with Gasteiger partial charge in [-0.15, -0.1) is 0 Å². The molecular formula is C14H17Cl2N3. The molecule has 0 fully saturated rings. The van der Waals surface area contributed by atoms with Crippen LogP contribution >= 0.6 is 23.2 Å². The Morgan fingerprint density at radius 2 is 1.84 bits per heavy atom. The lowest BCUT2D eigenvalue weighted by atomic mass is 9.98. The number of benzene rings is 1. The van der Waals surface area contributed by atoms with E-state index in [2.05, 4.69) is 5.10 Å². The van der Waals surface area contributed by atoms with Crippen LogP contribution in [0.3, 0.4) is 0 Å². The van der Waals surface area contributed by atoms with Crippen LogP contribution in [0, 0.1) is 13.8 Å². The van der Waals surface area contributed by atoms with Gasteiger partial charge in [-0.2, -0.15) is 5.10 Å². The highest BCUT2D eigenvalue weighted by molar-refractivity contribution is 6.36. The molecule has 1 atom stereocenters. The maximum Gasteiger partial charge on any atom is 0.0644 e. The monoisotopic (exact) mass is 297 g/mol. The molecule has 1 unspecified atom stereocenters.